The molecule has 0 bridgehead atoms. The van der Waals surface area contributed by atoms with Gasteiger partial charge in [-0.1, -0.05) is 0 Å². The van der Waals surface area contributed by atoms with Gasteiger partial charge in [-0.2, -0.15) is 0 Å². The summed E-state index contributed by atoms with van der Waals surface area (Å²) in [6.45, 7) is 4.35. The fourth-order valence-electron chi connectivity index (χ4n) is 1.83. The Balaban J connectivity index is 3.19. The van der Waals surface area contributed by atoms with Crippen molar-refractivity contribution in [2.24, 2.45) is 0 Å². The largest absolute Gasteiger partial charge is 0.462 e. The quantitative estimate of drug-likeness (QED) is 0.445. The number of nitro groups is 1. The monoisotopic (exact) mass is 330 g/mol. The van der Waals surface area contributed by atoms with E-state index in [9.17, 15) is 23.3 Å². The number of aryl methyl sites for hydroxylation is 1. The molecule has 8 nitrogen and oxygen atoms in total. The van der Waals surface area contributed by atoms with Crippen LogP contribution < -0.4 is 4.31 Å². The highest BCUT2D eigenvalue weighted by Crippen LogP contribution is 2.26. The van der Waals surface area contributed by atoms with Crippen molar-refractivity contribution in [1.82, 2.24) is 0 Å². The summed E-state index contributed by atoms with van der Waals surface area (Å²) in [5.74, 6) is -0.696. The van der Waals surface area contributed by atoms with E-state index in [0.29, 0.717) is 5.56 Å². The number of sulfonamides is 1. The number of hydrogen-bond donors (Lipinski definition) is 0. The second-order valence-electron chi connectivity index (χ2n) is 5.04. The van der Waals surface area contributed by atoms with E-state index in [1.54, 1.807) is 13.8 Å². The van der Waals surface area contributed by atoms with Gasteiger partial charge in [-0.15, -0.1) is 0 Å². The Morgan fingerprint density at radius 2 is 2.00 bits per heavy atom. The normalized spacial score (nSPS) is 11.3. The van der Waals surface area contributed by atoms with Crippen molar-refractivity contribution in [3.8, 4) is 0 Å². The molecule has 0 spiro atoms. The van der Waals surface area contributed by atoms with Crippen molar-refractivity contribution in [1.29, 1.82) is 0 Å². The zero-order valence-electron chi connectivity index (χ0n) is 12.8. The number of benzene rings is 1. The second kappa shape index (κ2) is 6.73. The molecule has 0 amide bonds. The van der Waals surface area contributed by atoms with E-state index >= 15 is 0 Å². The van der Waals surface area contributed by atoms with E-state index in [-0.39, 0.29) is 17.5 Å². The van der Waals surface area contributed by atoms with Crippen LogP contribution in [0.2, 0.25) is 0 Å². The van der Waals surface area contributed by atoms with Gasteiger partial charge in [0.05, 0.1) is 23.0 Å². The van der Waals surface area contributed by atoms with Crippen LogP contribution in [0.25, 0.3) is 0 Å². The first-order valence-electron chi connectivity index (χ1n) is 6.44. The van der Waals surface area contributed by atoms with E-state index in [2.05, 4.69) is 0 Å². The van der Waals surface area contributed by atoms with Crippen LogP contribution in [0.1, 0.15) is 19.4 Å². The summed E-state index contributed by atoms with van der Waals surface area (Å²) in [5.41, 5.74) is 0.422. The van der Waals surface area contributed by atoms with Crippen LogP contribution in [0.4, 0.5) is 11.4 Å². The van der Waals surface area contributed by atoms with Gasteiger partial charge in [0.15, 0.2) is 0 Å². The highest BCUT2D eigenvalue weighted by molar-refractivity contribution is 7.92. The van der Waals surface area contributed by atoms with Crippen LogP contribution in [-0.2, 0) is 19.6 Å². The number of esters is 1. The van der Waals surface area contributed by atoms with Crippen LogP contribution in [0.15, 0.2) is 18.2 Å². The molecule has 9 heteroatoms. The van der Waals surface area contributed by atoms with Gasteiger partial charge in [-0.25, -0.2) is 8.42 Å². The standard InChI is InChI=1S/C13H18N2O6S/c1-9(2)21-13(16)8-14(22(4,19)20)12-6-5-11(15(17)18)7-10(12)3/h5-7,9H,8H2,1-4H3. The van der Waals surface area contributed by atoms with E-state index < -0.39 is 27.5 Å². The molecule has 0 fully saturated rings. The van der Waals surface area contributed by atoms with Gasteiger partial charge in [0.25, 0.3) is 5.69 Å². The third kappa shape index (κ3) is 4.69. The molecule has 0 aliphatic heterocycles. The fourth-order valence-corrected chi connectivity index (χ4v) is 2.73. The number of carbonyl (C=O) groups is 1. The minimum absolute atomic E-state index is 0.153. The lowest BCUT2D eigenvalue weighted by Gasteiger charge is -2.23. The number of hydrogen-bond acceptors (Lipinski definition) is 6. The van der Waals surface area contributed by atoms with Crippen molar-refractivity contribution in [3.05, 3.63) is 33.9 Å². The average molecular weight is 330 g/mol. The maximum Gasteiger partial charge on any atom is 0.327 e. The molecule has 0 saturated carbocycles. The van der Waals surface area contributed by atoms with Gasteiger partial charge in [-0.05, 0) is 32.4 Å². The molecule has 0 radical (unpaired) electrons. The van der Waals surface area contributed by atoms with E-state index in [0.717, 1.165) is 10.6 Å². The van der Waals surface area contributed by atoms with E-state index in [4.69, 9.17) is 4.74 Å². The van der Waals surface area contributed by atoms with Crippen molar-refractivity contribution in [3.63, 3.8) is 0 Å². The van der Waals surface area contributed by atoms with Gasteiger partial charge < -0.3 is 4.74 Å². The molecule has 0 aliphatic rings. The summed E-state index contributed by atoms with van der Waals surface area (Å²) in [5, 5.41) is 10.7. The van der Waals surface area contributed by atoms with Crippen molar-refractivity contribution < 1.29 is 22.9 Å². The minimum Gasteiger partial charge on any atom is -0.462 e. The fraction of sp³-hybridized carbons (Fsp3) is 0.462. The zero-order valence-corrected chi connectivity index (χ0v) is 13.6. The van der Waals surface area contributed by atoms with Crippen LogP contribution in [0.3, 0.4) is 0 Å². The predicted molar refractivity (Wildman–Crippen MR) is 81.3 cm³/mol. The molecule has 1 rings (SSSR count). The van der Waals surface area contributed by atoms with Crippen LogP contribution in [0.5, 0.6) is 0 Å². The highest BCUT2D eigenvalue weighted by atomic mass is 32.2. The topological polar surface area (TPSA) is 107 Å². The lowest BCUT2D eigenvalue weighted by Crippen LogP contribution is -2.36. The lowest BCUT2D eigenvalue weighted by molar-refractivity contribution is -0.384. The molecular weight excluding hydrogens is 312 g/mol. The average Bonchev–Trinajstić information content (AvgIpc) is 2.34. The van der Waals surface area contributed by atoms with Crippen LogP contribution in [-0.4, -0.2) is 38.2 Å². The second-order valence-corrected chi connectivity index (χ2v) is 6.94. The van der Waals surface area contributed by atoms with Crippen molar-refractivity contribution in [2.75, 3.05) is 17.1 Å². The van der Waals surface area contributed by atoms with Gasteiger partial charge in [0, 0.05) is 12.1 Å². The summed E-state index contributed by atoms with van der Waals surface area (Å²) >= 11 is 0. The summed E-state index contributed by atoms with van der Waals surface area (Å²) in [6.07, 6.45) is 0.586. The maximum atomic E-state index is 11.9. The third-order valence-corrected chi connectivity index (χ3v) is 3.83. The Labute approximate surface area is 128 Å². The predicted octanol–water partition coefficient (Wildman–Crippen LogP) is 1.62. The Morgan fingerprint density at radius 1 is 1.41 bits per heavy atom. The Kier molecular flexibility index (Phi) is 5.48. The third-order valence-electron chi connectivity index (χ3n) is 2.70. The summed E-state index contributed by atoms with van der Waals surface area (Å²) in [6, 6.07) is 3.74. The smallest absolute Gasteiger partial charge is 0.327 e. The molecule has 0 N–H and O–H groups in total. The van der Waals surface area contributed by atoms with Crippen LogP contribution >= 0.6 is 0 Å². The number of nitro benzene ring substituents is 1. The summed E-state index contributed by atoms with van der Waals surface area (Å²) < 4.78 is 29.6. The molecule has 122 valence electrons. The number of rotatable bonds is 6. The van der Waals surface area contributed by atoms with Crippen molar-refractivity contribution in [2.45, 2.75) is 26.9 Å². The molecule has 0 aromatic heterocycles. The molecular formula is C13H18N2O6S. The van der Waals surface area contributed by atoms with Gasteiger partial charge in [0.2, 0.25) is 10.0 Å². The van der Waals surface area contributed by atoms with Gasteiger partial charge >= 0.3 is 5.97 Å². The van der Waals surface area contributed by atoms with Gasteiger partial charge in [-0.3, -0.25) is 19.2 Å². The molecule has 22 heavy (non-hydrogen) atoms. The van der Waals surface area contributed by atoms with Crippen LogP contribution in [0, 0.1) is 17.0 Å². The lowest BCUT2D eigenvalue weighted by atomic mass is 10.2. The van der Waals surface area contributed by atoms with Gasteiger partial charge in [0.1, 0.15) is 6.54 Å². The minimum atomic E-state index is -3.74. The number of anilines is 1. The highest BCUT2D eigenvalue weighted by Gasteiger charge is 2.24. The van der Waals surface area contributed by atoms with E-state index in [1.807, 2.05) is 0 Å². The molecule has 0 atom stereocenters. The summed E-state index contributed by atoms with van der Waals surface area (Å²) in [7, 11) is -3.74. The molecule has 1 aromatic carbocycles. The molecule has 0 aliphatic carbocycles. The zero-order chi connectivity index (χ0) is 17.1. The Hall–Kier alpha value is -2.16. The SMILES string of the molecule is Cc1cc([N+](=O)[O-])ccc1N(CC(=O)OC(C)C)S(C)(=O)=O. The summed E-state index contributed by atoms with van der Waals surface area (Å²) in [4.78, 5) is 21.9. The molecule has 0 unspecified atom stereocenters. The number of carbonyl (C=O) groups excluding carboxylic acids is 1. The first-order chi connectivity index (χ1) is 10.0. The number of ether oxygens (including phenoxy) is 1. The number of non-ortho nitro benzene ring substituents is 1. The molecule has 1 aromatic rings. The Morgan fingerprint density at radius 3 is 2.41 bits per heavy atom. The molecule has 0 heterocycles. The number of nitrogens with zero attached hydrogens (tertiary/aromatic N) is 2. The first kappa shape index (κ1) is 17.9. The van der Waals surface area contributed by atoms with Crippen molar-refractivity contribution >= 4 is 27.4 Å². The first-order valence-corrected chi connectivity index (χ1v) is 8.29. The maximum absolute atomic E-state index is 11.9. The van der Waals surface area contributed by atoms with E-state index in [1.165, 1.54) is 25.1 Å². The Bertz CT molecular complexity index is 684. The molecule has 0 saturated heterocycles.